The van der Waals surface area contributed by atoms with Crippen LogP contribution in [0.5, 0.6) is 0 Å². The van der Waals surface area contributed by atoms with Gasteiger partial charge in [0.1, 0.15) is 5.82 Å². The Kier molecular flexibility index (Phi) is 5.14. The summed E-state index contributed by atoms with van der Waals surface area (Å²) in [7, 11) is 0. The summed E-state index contributed by atoms with van der Waals surface area (Å²) < 4.78 is 13.0. The van der Waals surface area contributed by atoms with E-state index in [0.29, 0.717) is 6.04 Å². The minimum atomic E-state index is -0.141. The van der Waals surface area contributed by atoms with E-state index in [4.69, 9.17) is 0 Å². The van der Waals surface area contributed by atoms with E-state index in [1.165, 1.54) is 32.0 Å². The summed E-state index contributed by atoms with van der Waals surface area (Å²) in [6.07, 6.45) is 3.58. The minimum Gasteiger partial charge on any atom is -0.313 e. The van der Waals surface area contributed by atoms with Gasteiger partial charge in [0.2, 0.25) is 0 Å². The van der Waals surface area contributed by atoms with Gasteiger partial charge in [-0.3, -0.25) is 0 Å². The van der Waals surface area contributed by atoms with Gasteiger partial charge in [-0.05, 0) is 63.5 Å². The third-order valence-electron chi connectivity index (χ3n) is 3.53. The van der Waals surface area contributed by atoms with Gasteiger partial charge in [-0.1, -0.05) is 12.1 Å². The highest BCUT2D eigenvalue weighted by atomic mass is 19.1. The average molecular weight is 250 g/mol. The lowest BCUT2D eigenvalue weighted by molar-refractivity contribution is 0.299. The molecule has 0 saturated carbocycles. The highest BCUT2D eigenvalue weighted by Crippen LogP contribution is 2.07. The monoisotopic (exact) mass is 250 g/mol. The number of nitrogens with one attached hydrogen (secondary N) is 1. The van der Waals surface area contributed by atoms with Crippen LogP contribution in [-0.4, -0.2) is 37.1 Å². The van der Waals surface area contributed by atoms with E-state index in [9.17, 15) is 4.39 Å². The second kappa shape index (κ2) is 6.86. The first-order chi connectivity index (χ1) is 8.74. The van der Waals surface area contributed by atoms with Crippen molar-refractivity contribution in [1.29, 1.82) is 0 Å². The molecule has 1 aliphatic rings. The number of nitrogens with zero attached hydrogens (tertiary/aromatic N) is 1. The summed E-state index contributed by atoms with van der Waals surface area (Å²) in [5.41, 5.74) is 1.07. The molecule has 1 aromatic rings. The summed E-state index contributed by atoms with van der Waals surface area (Å²) in [6, 6.07) is 7.38. The van der Waals surface area contributed by atoms with Gasteiger partial charge in [0, 0.05) is 12.6 Å². The molecule has 0 aliphatic carbocycles. The number of likely N-dealkylation sites (tertiary alicyclic amines) is 1. The predicted octanol–water partition coefficient (Wildman–Crippen LogP) is 2.44. The van der Waals surface area contributed by atoms with Gasteiger partial charge in [-0.25, -0.2) is 4.39 Å². The molecule has 2 rings (SSSR count). The van der Waals surface area contributed by atoms with E-state index >= 15 is 0 Å². The maximum atomic E-state index is 13.0. The molecule has 1 fully saturated rings. The van der Waals surface area contributed by atoms with Crippen molar-refractivity contribution >= 4 is 0 Å². The summed E-state index contributed by atoms with van der Waals surface area (Å²) in [5.74, 6) is -0.141. The van der Waals surface area contributed by atoms with Gasteiger partial charge in [-0.2, -0.15) is 0 Å². The first kappa shape index (κ1) is 13.5. The molecule has 1 aliphatic heterocycles. The topological polar surface area (TPSA) is 15.3 Å². The molecule has 0 bridgehead atoms. The molecule has 0 spiro atoms. The number of hydrogen-bond acceptors (Lipinski definition) is 2. The molecule has 18 heavy (non-hydrogen) atoms. The molecule has 1 N–H and O–H groups in total. The van der Waals surface area contributed by atoms with Crippen molar-refractivity contribution < 1.29 is 4.39 Å². The highest BCUT2D eigenvalue weighted by Gasteiger charge is 2.13. The smallest absolute Gasteiger partial charge is 0.123 e. The van der Waals surface area contributed by atoms with E-state index in [-0.39, 0.29) is 5.82 Å². The standard InChI is InChI=1S/C15H23FN2/c1-13(12-18-9-2-3-10-18)17-8-7-14-5-4-6-15(16)11-14/h4-6,11,13,17H,2-3,7-10,12H2,1H3. The molecular weight excluding hydrogens is 227 g/mol. The molecule has 0 amide bonds. The maximum absolute atomic E-state index is 13.0. The lowest BCUT2D eigenvalue weighted by Crippen LogP contribution is -2.38. The molecule has 0 radical (unpaired) electrons. The van der Waals surface area contributed by atoms with Gasteiger partial charge in [0.15, 0.2) is 0 Å². The quantitative estimate of drug-likeness (QED) is 0.834. The van der Waals surface area contributed by atoms with Gasteiger partial charge in [0.05, 0.1) is 0 Å². The Bertz CT molecular complexity index is 361. The molecule has 1 unspecified atom stereocenters. The Labute approximate surface area is 109 Å². The first-order valence-electron chi connectivity index (χ1n) is 6.94. The second-order valence-corrected chi connectivity index (χ2v) is 5.24. The SMILES string of the molecule is CC(CN1CCCC1)NCCc1cccc(F)c1. The van der Waals surface area contributed by atoms with Crippen molar-refractivity contribution in [3.8, 4) is 0 Å². The van der Waals surface area contributed by atoms with Gasteiger partial charge >= 0.3 is 0 Å². The average Bonchev–Trinajstić information content (AvgIpc) is 2.82. The Morgan fingerprint density at radius 1 is 1.33 bits per heavy atom. The lowest BCUT2D eigenvalue weighted by Gasteiger charge is -2.21. The van der Waals surface area contributed by atoms with Crippen LogP contribution in [0, 0.1) is 5.82 Å². The molecular formula is C15H23FN2. The van der Waals surface area contributed by atoms with Gasteiger partial charge in [-0.15, -0.1) is 0 Å². The van der Waals surface area contributed by atoms with Crippen molar-refractivity contribution in [2.75, 3.05) is 26.2 Å². The Balaban J connectivity index is 1.65. The van der Waals surface area contributed by atoms with Crippen LogP contribution in [-0.2, 0) is 6.42 Å². The fourth-order valence-corrected chi connectivity index (χ4v) is 2.57. The molecule has 3 heteroatoms. The van der Waals surface area contributed by atoms with Crippen LogP contribution in [0.15, 0.2) is 24.3 Å². The van der Waals surface area contributed by atoms with Crippen molar-refractivity contribution in [3.63, 3.8) is 0 Å². The first-order valence-corrected chi connectivity index (χ1v) is 6.94. The van der Waals surface area contributed by atoms with Crippen LogP contribution in [0.4, 0.5) is 4.39 Å². The maximum Gasteiger partial charge on any atom is 0.123 e. The van der Waals surface area contributed by atoms with Gasteiger partial charge in [0.25, 0.3) is 0 Å². The molecule has 1 heterocycles. The van der Waals surface area contributed by atoms with E-state index < -0.39 is 0 Å². The second-order valence-electron chi connectivity index (χ2n) is 5.24. The number of halogens is 1. The van der Waals surface area contributed by atoms with Gasteiger partial charge < -0.3 is 10.2 Å². The van der Waals surface area contributed by atoms with Crippen molar-refractivity contribution in [3.05, 3.63) is 35.6 Å². The fourth-order valence-electron chi connectivity index (χ4n) is 2.57. The zero-order chi connectivity index (χ0) is 12.8. The Morgan fingerprint density at radius 2 is 2.11 bits per heavy atom. The number of rotatable bonds is 6. The van der Waals surface area contributed by atoms with Crippen LogP contribution in [0.25, 0.3) is 0 Å². The van der Waals surface area contributed by atoms with E-state index in [0.717, 1.165) is 25.1 Å². The van der Waals surface area contributed by atoms with Crippen LogP contribution in [0.2, 0.25) is 0 Å². The van der Waals surface area contributed by atoms with Crippen molar-refractivity contribution in [2.24, 2.45) is 0 Å². The molecule has 1 saturated heterocycles. The Morgan fingerprint density at radius 3 is 2.83 bits per heavy atom. The van der Waals surface area contributed by atoms with E-state index in [1.807, 2.05) is 6.07 Å². The third-order valence-corrected chi connectivity index (χ3v) is 3.53. The zero-order valence-corrected chi connectivity index (χ0v) is 11.2. The lowest BCUT2D eigenvalue weighted by atomic mass is 10.1. The summed E-state index contributed by atoms with van der Waals surface area (Å²) in [6.45, 7) is 6.76. The van der Waals surface area contributed by atoms with Crippen LogP contribution >= 0.6 is 0 Å². The normalized spacial score (nSPS) is 18.1. The summed E-state index contributed by atoms with van der Waals surface area (Å²) in [4.78, 5) is 2.51. The van der Waals surface area contributed by atoms with Crippen molar-refractivity contribution in [2.45, 2.75) is 32.2 Å². The van der Waals surface area contributed by atoms with Crippen LogP contribution < -0.4 is 5.32 Å². The largest absolute Gasteiger partial charge is 0.313 e. The third kappa shape index (κ3) is 4.39. The number of hydrogen-bond donors (Lipinski definition) is 1. The molecule has 0 aromatic heterocycles. The fraction of sp³-hybridized carbons (Fsp3) is 0.600. The summed E-state index contributed by atoms with van der Waals surface area (Å²) >= 11 is 0. The molecule has 1 atom stereocenters. The molecule has 1 aromatic carbocycles. The van der Waals surface area contributed by atoms with Crippen LogP contribution in [0.3, 0.4) is 0 Å². The Hall–Kier alpha value is -0.930. The summed E-state index contributed by atoms with van der Waals surface area (Å²) in [5, 5.41) is 3.51. The number of benzene rings is 1. The van der Waals surface area contributed by atoms with E-state index in [1.54, 1.807) is 12.1 Å². The minimum absolute atomic E-state index is 0.141. The highest BCUT2D eigenvalue weighted by molar-refractivity contribution is 5.16. The van der Waals surface area contributed by atoms with Crippen molar-refractivity contribution in [1.82, 2.24) is 10.2 Å². The van der Waals surface area contributed by atoms with E-state index in [2.05, 4.69) is 17.1 Å². The predicted molar refractivity (Wildman–Crippen MR) is 73.2 cm³/mol. The zero-order valence-electron chi connectivity index (χ0n) is 11.2. The molecule has 2 nitrogen and oxygen atoms in total. The van der Waals surface area contributed by atoms with Crippen LogP contribution in [0.1, 0.15) is 25.3 Å². The molecule has 100 valence electrons.